The fourth-order valence-corrected chi connectivity index (χ4v) is 2.19. The van der Waals surface area contributed by atoms with Gasteiger partial charge >= 0.3 is 5.97 Å². The largest absolute Gasteiger partial charge is 0.480 e. The van der Waals surface area contributed by atoms with E-state index in [0.717, 1.165) is 23.9 Å². The zero-order valence-electron chi connectivity index (χ0n) is 9.62. The summed E-state index contributed by atoms with van der Waals surface area (Å²) in [5.41, 5.74) is 0.593. The number of thioether (sulfide) groups is 1. The molecule has 0 fully saturated rings. The third-order valence-corrected chi connectivity index (χ3v) is 3.44. The van der Waals surface area contributed by atoms with Crippen LogP contribution in [0, 0.1) is 11.6 Å². The number of carboxylic acid groups (broad SMARTS) is 1. The number of aromatic amines is 1. The molecule has 18 heavy (non-hydrogen) atoms. The summed E-state index contributed by atoms with van der Waals surface area (Å²) in [4.78, 5) is 17.7. The predicted molar refractivity (Wildman–Crippen MR) is 63.6 cm³/mol. The number of hydrogen-bond acceptors (Lipinski definition) is 3. The van der Waals surface area contributed by atoms with Crippen LogP contribution in [0.5, 0.6) is 0 Å². The molecule has 2 aromatic rings. The van der Waals surface area contributed by atoms with Gasteiger partial charge in [0.25, 0.3) is 0 Å². The lowest BCUT2D eigenvalue weighted by Gasteiger charge is -2.15. The first kappa shape index (κ1) is 12.8. The number of carbonyl (C=O) groups is 1. The Hall–Kier alpha value is -1.63. The Morgan fingerprint density at radius 2 is 2.00 bits per heavy atom. The van der Waals surface area contributed by atoms with Crippen molar-refractivity contribution >= 4 is 28.8 Å². The molecule has 96 valence electrons. The number of aromatic nitrogens is 2. The molecule has 2 N–H and O–H groups in total. The van der Waals surface area contributed by atoms with Crippen molar-refractivity contribution in [3.8, 4) is 0 Å². The highest BCUT2D eigenvalue weighted by Crippen LogP contribution is 2.32. The van der Waals surface area contributed by atoms with E-state index in [9.17, 15) is 13.6 Å². The van der Waals surface area contributed by atoms with E-state index in [2.05, 4.69) is 9.97 Å². The number of benzene rings is 1. The third-order valence-electron chi connectivity index (χ3n) is 2.37. The summed E-state index contributed by atoms with van der Waals surface area (Å²) in [5.74, 6) is -2.95. The maximum atomic E-state index is 13.0. The number of halogens is 2. The van der Waals surface area contributed by atoms with Gasteiger partial charge in [-0.3, -0.25) is 4.79 Å². The molecule has 7 heteroatoms. The molecule has 2 rings (SSSR count). The van der Waals surface area contributed by atoms with E-state index in [-0.39, 0.29) is 5.52 Å². The van der Waals surface area contributed by atoms with Gasteiger partial charge < -0.3 is 10.1 Å². The van der Waals surface area contributed by atoms with Crippen molar-refractivity contribution in [2.75, 3.05) is 0 Å². The van der Waals surface area contributed by atoms with Gasteiger partial charge in [-0.1, -0.05) is 11.8 Å². The van der Waals surface area contributed by atoms with E-state index in [1.807, 2.05) is 0 Å². The minimum atomic E-state index is -1.08. The second kappa shape index (κ2) is 4.24. The van der Waals surface area contributed by atoms with Crippen LogP contribution in [-0.4, -0.2) is 25.8 Å². The number of hydrogen-bond donors (Lipinski definition) is 2. The summed E-state index contributed by atoms with van der Waals surface area (Å²) in [6.07, 6.45) is 0. The second-order valence-electron chi connectivity index (χ2n) is 4.24. The summed E-state index contributed by atoms with van der Waals surface area (Å²) in [5, 5.41) is 9.29. The van der Waals surface area contributed by atoms with Gasteiger partial charge in [0.2, 0.25) is 0 Å². The van der Waals surface area contributed by atoms with Gasteiger partial charge in [0.15, 0.2) is 16.8 Å². The van der Waals surface area contributed by atoms with Crippen LogP contribution in [0.2, 0.25) is 0 Å². The van der Waals surface area contributed by atoms with Crippen molar-refractivity contribution in [3.63, 3.8) is 0 Å². The third kappa shape index (κ3) is 2.31. The highest BCUT2D eigenvalue weighted by Gasteiger charge is 2.30. The Morgan fingerprint density at radius 1 is 1.39 bits per heavy atom. The molecule has 0 saturated carbocycles. The van der Waals surface area contributed by atoms with Crippen molar-refractivity contribution in [2.24, 2.45) is 0 Å². The molecule has 1 aromatic carbocycles. The van der Waals surface area contributed by atoms with Crippen LogP contribution in [-0.2, 0) is 4.79 Å². The fourth-order valence-electron chi connectivity index (χ4n) is 1.32. The number of aliphatic carboxylic acids is 1. The zero-order chi connectivity index (χ0) is 13.5. The molecular weight excluding hydrogens is 262 g/mol. The van der Waals surface area contributed by atoms with Crippen molar-refractivity contribution in [1.82, 2.24) is 9.97 Å². The molecule has 0 saturated heterocycles. The number of nitrogens with one attached hydrogen (secondary N) is 1. The van der Waals surface area contributed by atoms with Crippen molar-refractivity contribution < 1.29 is 18.7 Å². The molecule has 0 aliphatic rings. The van der Waals surface area contributed by atoms with Gasteiger partial charge in [0, 0.05) is 12.1 Å². The van der Waals surface area contributed by atoms with Gasteiger partial charge in [0.1, 0.15) is 4.75 Å². The molecule has 0 aliphatic carbocycles. The van der Waals surface area contributed by atoms with Crippen LogP contribution in [0.4, 0.5) is 8.78 Å². The molecule has 0 unspecified atom stereocenters. The Labute approximate surface area is 105 Å². The number of fused-ring (bicyclic) bond motifs is 1. The number of nitrogens with zero attached hydrogens (tertiary/aromatic N) is 1. The van der Waals surface area contributed by atoms with E-state index < -0.39 is 22.4 Å². The van der Waals surface area contributed by atoms with Crippen LogP contribution in [0.1, 0.15) is 13.8 Å². The fraction of sp³-hybridized carbons (Fsp3) is 0.273. The summed E-state index contributed by atoms with van der Waals surface area (Å²) < 4.78 is 24.9. The van der Waals surface area contributed by atoms with Gasteiger partial charge in [-0.05, 0) is 13.8 Å². The average molecular weight is 272 g/mol. The highest BCUT2D eigenvalue weighted by atomic mass is 32.2. The molecule has 0 radical (unpaired) electrons. The van der Waals surface area contributed by atoms with E-state index in [4.69, 9.17) is 5.11 Å². The summed E-state index contributed by atoms with van der Waals surface area (Å²) in [7, 11) is 0. The number of carboxylic acids is 1. The maximum absolute atomic E-state index is 13.0. The van der Waals surface area contributed by atoms with E-state index in [1.54, 1.807) is 0 Å². The van der Waals surface area contributed by atoms with E-state index in [0.29, 0.717) is 10.7 Å². The van der Waals surface area contributed by atoms with Crippen LogP contribution >= 0.6 is 11.8 Å². The summed E-state index contributed by atoms with van der Waals surface area (Å²) in [6.45, 7) is 3.04. The Bertz CT molecular complexity index is 586. The number of rotatable bonds is 3. The van der Waals surface area contributed by atoms with E-state index in [1.165, 1.54) is 13.8 Å². The van der Waals surface area contributed by atoms with Gasteiger partial charge in [-0.2, -0.15) is 0 Å². The quantitative estimate of drug-likeness (QED) is 0.843. The molecule has 0 aliphatic heterocycles. The average Bonchev–Trinajstić information content (AvgIpc) is 2.59. The van der Waals surface area contributed by atoms with Crippen molar-refractivity contribution in [2.45, 2.75) is 23.8 Å². The molecule has 0 spiro atoms. The molecule has 0 atom stereocenters. The topological polar surface area (TPSA) is 66.0 Å². The van der Waals surface area contributed by atoms with Crippen LogP contribution < -0.4 is 0 Å². The molecule has 1 aromatic heterocycles. The second-order valence-corrected chi connectivity index (χ2v) is 5.85. The maximum Gasteiger partial charge on any atom is 0.319 e. The Kier molecular flexibility index (Phi) is 3.02. The minimum Gasteiger partial charge on any atom is -0.480 e. The standard InChI is InChI=1S/C11H10F2N2O2S/c1-11(2,9(16)17)18-10-14-7-3-5(12)6(13)4-8(7)15-10/h3-4H,1-2H3,(H,14,15)(H,16,17). The predicted octanol–water partition coefficient (Wildman–Crippen LogP) is 2.80. The summed E-state index contributed by atoms with van der Waals surface area (Å²) in [6, 6.07) is 1.97. The van der Waals surface area contributed by atoms with E-state index >= 15 is 0 Å². The van der Waals surface area contributed by atoms with Crippen molar-refractivity contribution in [3.05, 3.63) is 23.8 Å². The zero-order valence-corrected chi connectivity index (χ0v) is 10.4. The molecule has 0 amide bonds. The summed E-state index contributed by atoms with van der Waals surface area (Å²) >= 11 is 0.980. The van der Waals surface area contributed by atoms with Crippen LogP contribution in [0.15, 0.2) is 17.3 Å². The minimum absolute atomic E-state index is 0.262. The first-order chi connectivity index (χ1) is 8.29. The Balaban J connectivity index is 2.39. The molecular formula is C11H10F2N2O2S. The number of imidazole rings is 1. The van der Waals surface area contributed by atoms with Gasteiger partial charge in [0.05, 0.1) is 11.0 Å². The molecule has 4 nitrogen and oxygen atoms in total. The highest BCUT2D eigenvalue weighted by molar-refractivity contribution is 8.01. The Morgan fingerprint density at radius 3 is 2.61 bits per heavy atom. The lowest BCUT2D eigenvalue weighted by Crippen LogP contribution is -2.27. The SMILES string of the molecule is CC(C)(Sc1nc2cc(F)c(F)cc2[nH]1)C(=O)O. The lowest BCUT2D eigenvalue weighted by molar-refractivity contribution is -0.138. The molecule has 1 heterocycles. The van der Waals surface area contributed by atoms with Crippen LogP contribution in [0.3, 0.4) is 0 Å². The normalized spacial score (nSPS) is 12.0. The van der Waals surface area contributed by atoms with Gasteiger partial charge in [-0.15, -0.1) is 0 Å². The van der Waals surface area contributed by atoms with Crippen molar-refractivity contribution in [1.29, 1.82) is 0 Å². The lowest BCUT2D eigenvalue weighted by atomic mass is 10.2. The van der Waals surface area contributed by atoms with Crippen LogP contribution in [0.25, 0.3) is 11.0 Å². The van der Waals surface area contributed by atoms with Gasteiger partial charge in [-0.25, -0.2) is 13.8 Å². The first-order valence-electron chi connectivity index (χ1n) is 5.07. The number of H-pyrrole nitrogens is 1. The smallest absolute Gasteiger partial charge is 0.319 e. The monoisotopic (exact) mass is 272 g/mol. The molecule has 0 bridgehead atoms. The first-order valence-corrected chi connectivity index (χ1v) is 5.88.